The average Bonchev–Trinajstić information content (AvgIpc) is 3.72. The average molecular weight is 1090 g/mol. The fraction of sp³-hybridized carbons (Fsp3) is 0.200. The number of hydrogen-bond donors (Lipinski definition) is 0. The Labute approximate surface area is 486 Å². The van der Waals surface area contributed by atoms with Gasteiger partial charge in [0.05, 0.1) is 17.1 Å². The molecule has 8 heteroatoms. The smallest absolute Gasteiger partial charge is 0.124 e. The molecule has 0 saturated carbocycles. The van der Waals surface area contributed by atoms with Crippen LogP contribution in [0.1, 0.15) is 16.7 Å². The third kappa shape index (κ3) is 11.0. The molecular formula is C75H69N5O3. The molecule has 0 spiro atoms. The molecule has 0 aliphatic carbocycles. The van der Waals surface area contributed by atoms with Crippen LogP contribution in [0.25, 0.3) is 64.6 Å². The molecule has 2 bridgehead atoms. The third-order valence-electron chi connectivity index (χ3n) is 17.2. The summed E-state index contributed by atoms with van der Waals surface area (Å²) in [6.07, 6.45) is 0. The van der Waals surface area contributed by atoms with E-state index in [-0.39, 0.29) is 0 Å². The lowest BCUT2D eigenvalue weighted by molar-refractivity contribution is 0.152. The van der Waals surface area contributed by atoms with Crippen LogP contribution >= 0.6 is 0 Å². The van der Waals surface area contributed by atoms with Gasteiger partial charge in [-0.3, -0.25) is 9.80 Å². The number of nitrogens with zero attached hydrogens (tertiary/aromatic N) is 5. The van der Waals surface area contributed by atoms with Gasteiger partial charge in [0.15, 0.2) is 0 Å². The molecule has 412 valence electrons. The largest absolute Gasteiger partial charge is 0.492 e. The van der Waals surface area contributed by atoms with Crippen LogP contribution in [0.4, 0.5) is 17.1 Å². The van der Waals surface area contributed by atoms with Gasteiger partial charge in [-0.15, -0.1) is 0 Å². The second-order valence-electron chi connectivity index (χ2n) is 22.3. The molecule has 0 saturated heterocycles. The Hall–Kier alpha value is -9.08. The van der Waals surface area contributed by atoms with Crippen LogP contribution in [-0.4, -0.2) is 88.5 Å². The van der Waals surface area contributed by atoms with E-state index in [4.69, 9.17) is 14.2 Å². The van der Waals surface area contributed by atoms with E-state index in [2.05, 4.69) is 261 Å². The number of benzene rings is 12. The summed E-state index contributed by atoms with van der Waals surface area (Å²) in [4.78, 5) is 13.2. The highest BCUT2D eigenvalue weighted by Crippen LogP contribution is 2.41. The van der Waals surface area contributed by atoms with Gasteiger partial charge >= 0.3 is 0 Å². The molecule has 0 amide bonds. The summed E-state index contributed by atoms with van der Waals surface area (Å²) in [5.41, 5.74) is 7.25. The van der Waals surface area contributed by atoms with E-state index in [0.29, 0.717) is 59.1 Å². The van der Waals surface area contributed by atoms with Crippen molar-refractivity contribution in [1.29, 1.82) is 0 Å². The predicted molar refractivity (Wildman–Crippen MR) is 346 cm³/mol. The molecule has 12 aromatic carbocycles. The lowest BCUT2D eigenvalue weighted by Gasteiger charge is -2.36. The minimum atomic E-state index is 0.511. The van der Waals surface area contributed by atoms with E-state index in [0.717, 1.165) is 73.2 Å². The molecule has 0 radical (unpaired) electrons. The summed E-state index contributed by atoms with van der Waals surface area (Å²) in [5.74, 6) is 2.73. The Morgan fingerprint density at radius 3 is 0.735 bits per heavy atom. The van der Waals surface area contributed by atoms with Gasteiger partial charge in [0, 0.05) is 128 Å². The zero-order valence-electron chi connectivity index (χ0n) is 47.1. The molecule has 15 rings (SSSR count). The molecular weight excluding hydrogens is 1020 g/mol. The summed E-state index contributed by atoms with van der Waals surface area (Å²) in [5, 5.41) is 14.9. The molecule has 0 N–H and O–H groups in total. The number of anilines is 3. The standard InChI is InChI=1S/C75H69N5O3/c1-10-28-64-55(19-1)49-56-20-2-11-29-65(56)73(64)78-40-37-76-38-41-79(74-66-30-12-3-21-57(66)50-58-22-4-13-31-67(58)74)53-62-26-8-17-35-71(62)82-47-44-77(43-46-81-70-34-16-7-25-61(70)52-78)45-48-83-72-36-18-9-27-63(72)54-80(42-39-76)75-68-32-14-5-23-59(68)51-60-24-6-15-33-69(60)75/h1-36,49-51H,37-48,52-54H2. The Balaban J connectivity index is 0.962. The van der Waals surface area contributed by atoms with Crippen LogP contribution in [0, 0.1) is 0 Å². The van der Waals surface area contributed by atoms with Crippen LogP contribution in [-0.2, 0) is 19.6 Å². The Morgan fingerprint density at radius 1 is 0.229 bits per heavy atom. The fourth-order valence-corrected chi connectivity index (χ4v) is 13.1. The van der Waals surface area contributed by atoms with Crippen LogP contribution < -0.4 is 28.9 Å². The van der Waals surface area contributed by atoms with Gasteiger partial charge in [-0.05, 0) is 68.7 Å². The van der Waals surface area contributed by atoms with Crippen LogP contribution in [0.15, 0.2) is 237 Å². The highest BCUT2D eigenvalue weighted by molar-refractivity contribution is 6.13. The zero-order chi connectivity index (χ0) is 55.3. The van der Waals surface area contributed by atoms with E-state index >= 15 is 0 Å². The van der Waals surface area contributed by atoms with Gasteiger partial charge in [-0.1, -0.05) is 200 Å². The normalized spacial score (nSPS) is 17.1. The number of rotatable bonds is 3. The third-order valence-corrected chi connectivity index (χ3v) is 17.2. The van der Waals surface area contributed by atoms with Gasteiger partial charge < -0.3 is 28.9 Å². The highest BCUT2D eigenvalue weighted by Gasteiger charge is 2.25. The van der Waals surface area contributed by atoms with E-state index in [9.17, 15) is 0 Å². The van der Waals surface area contributed by atoms with Crippen LogP contribution in [0.3, 0.4) is 0 Å². The minimum absolute atomic E-state index is 0.511. The van der Waals surface area contributed by atoms with Gasteiger partial charge in [0.2, 0.25) is 0 Å². The van der Waals surface area contributed by atoms with E-state index in [1.165, 1.54) is 81.7 Å². The first-order chi connectivity index (χ1) is 41.1. The van der Waals surface area contributed by atoms with Crippen LogP contribution in [0.5, 0.6) is 17.2 Å². The molecule has 3 heterocycles. The van der Waals surface area contributed by atoms with Crippen molar-refractivity contribution in [2.45, 2.75) is 19.6 Å². The molecule has 83 heavy (non-hydrogen) atoms. The van der Waals surface area contributed by atoms with E-state index < -0.39 is 0 Å². The molecule has 3 aliphatic heterocycles. The summed E-state index contributed by atoms with van der Waals surface area (Å²) in [7, 11) is 0. The number of para-hydroxylation sites is 3. The van der Waals surface area contributed by atoms with Crippen molar-refractivity contribution in [3.05, 3.63) is 253 Å². The quantitative estimate of drug-likeness (QED) is 0.162. The molecule has 0 atom stereocenters. The zero-order valence-corrected chi connectivity index (χ0v) is 47.1. The van der Waals surface area contributed by atoms with Crippen molar-refractivity contribution >= 4 is 81.7 Å². The molecule has 0 fully saturated rings. The molecule has 12 aromatic rings. The Bertz CT molecular complexity index is 3680. The topological polar surface area (TPSA) is 43.9 Å². The highest BCUT2D eigenvalue weighted by atomic mass is 16.5. The summed E-state index contributed by atoms with van der Waals surface area (Å²) in [6, 6.07) is 86.8. The first kappa shape index (κ1) is 52.0. The van der Waals surface area contributed by atoms with Crippen molar-refractivity contribution in [2.24, 2.45) is 0 Å². The number of ether oxygens (including phenoxy) is 3. The van der Waals surface area contributed by atoms with Crippen molar-refractivity contribution in [3.63, 3.8) is 0 Å². The number of fused-ring (bicyclic) bond motifs is 21. The second kappa shape index (κ2) is 23.8. The second-order valence-corrected chi connectivity index (χ2v) is 22.3. The maximum Gasteiger partial charge on any atom is 0.124 e. The number of hydrogen-bond acceptors (Lipinski definition) is 8. The lowest BCUT2D eigenvalue weighted by Crippen LogP contribution is -2.43. The maximum atomic E-state index is 6.93. The molecule has 3 aliphatic rings. The first-order valence-corrected chi connectivity index (χ1v) is 29.7. The summed E-state index contributed by atoms with van der Waals surface area (Å²) < 4.78 is 20.8. The molecule has 0 aromatic heterocycles. The van der Waals surface area contributed by atoms with Crippen LogP contribution in [0.2, 0.25) is 0 Å². The van der Waals surface area contributed by atoms with Gasteiger partial charge in [0.25, 0.3) is 0 Å². The monoisotopic (exact) mass is 1090 g/mol. The van der Waals surface area contributed by atoms with Gasteiger partial charge in [-0.2, -0.15) is 0 Å². The summed E-state index contributed by atoms with van der Waals surface area (Å²) >= 11 is 0. The first-order valence-electron chi connectivity index (χ1n) is 29.7. The fourth-order valence-electron chi connectivity index (χ4n) is 13.1. The van der Waals surface area contributed by atoms with Gasteiger partial charge in [0.1, 0.15) is 37.1 Å². The summed E-state index contributed by atoms with van der Waals surface area (Å²) in [6.45, 7) is 10.3. The molecule has 8 nitrogen and oxygen atoms in total. The van der Waals surface area contributed by atoms with E-state index in [1.807, 2.05) is 0 Å². The Morgan fingerprint density at radius 2 is 0.458 bits per heavy atom. The SMILES string of the molecule is c1ccc2c(c1)CN(c1c3ccccc3cc3ccccc13)CCN1CCN(c3c4ccccc4cc4ccccc34)Cc3ccccc3OCCN(CCO2)CCOc2ccccc2CN(c2c3ccccc3cc3ccccc23)CC1. The van der Waals surface area contributed by atoms with Crippen molar-refractivity contribution in [1.82, 2.24) is 9.80 Å². The lowest BCUT2D eigenvalue weighted by atomic mass is 9.99. The van der Waals surface area contributed by atoms with Crippen molar-refractivity contribution in [3.8, 4) is 17.2 Å². The van der Waals surface area contributed by atoms with Crippen molar-refractivity contribution in [2.75, 3.05) is 93.4 Å². The van der Waals surface area contributed by atoms with E-state index in [1.54, 1.807) is 0 Å². The minimum Gasteiger partial charge on any atom is -0.492 e. The maximum absolute atomic E-state index is 6.93. The van der Waals surface area contributed by atoms with Crippen molar-refractivity contribution < 1.29 is 14.2 Å². The van der Waals surface area contributed by atoms with Gasteiger partial charge in [-0.25, -0.2) is 0 Å². The Kier molecular flexibility index (Phi) is 14.9. The predicted octanol–water partition coefficient (Wildman–Crippen LogP) is 15.8. The molecule has 0 unspecified atom stereocenters.